The summed E-state index contributed by atoms with van der Waals surface area (Å²) in [6.45, 7) is -0.565. The van der Waals surface area contributed by atoms with Crippen molar-refractivity contribution in [2.45, 2.75) is 12.3 Å². The molecule has 0 aliphatic carbocycles. The second kappa shape index (κ2) is 4.32. The highest BCUT2D eigenvalue weighted by Gasteiger charge is 2.31. The van der Waals surface area contributed by atoms with E-state index in [9.17, 15) is 8.78 Å². The molecule has 0 aliphatic heterocycles. The summed E-state index contributed by atoms with van der Waals surface area (Å²) in [5.41, 5.74) is -0.245. The van der Waals surface area contributed by atoms with Crippen molar-refractivity contribution in [3.8, 4) is 5.75 Å². The quantitative estimate of drug-likeness (QED) is 0.807. The average molecular weight is 203 g/mol. The number of aliphatic hydroxyl groups is 1. The van der Waals surface area contributed by atoms with Gasteiger partial charge in [-0.25, -0.2) is 8.78 Å². The molecule has 78 valence electrons. The van der Waals surface area contributed by atoms with Crippen LogP contribution in [0, 0.1) is 0 Å². The van der Waals surface area contributed by atoms with E-state index >= 15 is 0 Å². The molecule has 1 N–H and O–H groups in total. The Kier molecular flexibility index (Phi) is 3.35. The van der Waals surface area contributed by atoms with Crippen LogP contribution in [0.3, 0.4) is 0 Å². The number of hydrogen-bond acceptors (Lipinski definition) is 3. The zero-order chi connectivity index (χ0) is 10.6. The summed E-state index contributed by atoms with van der Waals surface area (Å²) in [5, 5.41) is 8.46. The van der Waals surface area contributed by atoms with Gasteiger partial charge in [-0.1, -0.05) is 0 Å². The predicted octanol–water partition coefficient (Wildman–Crippen LogP) is 1.56. The number of aromatic nitrogens is 1. The van der Waals surface area contributed by atoms with Gasteiger partial charge < -0.3 is 9.84 Å². The summed E-state index contributed by atoms with van der Waals surface area (Å²) in [7, 11) is 1.38. The molecule has 0 bridgehead atoms. The maximum absolute atomic E-state index is 13.2. The highest BCUT2D eigenvalue weighted by Crippen LogP contribution is 2.32. The molecule has 1 rings (SSSR count). The van der Waals surface area contributed by atoms with Gasteiger partial charge in [0.2, 0.25) is 0 Å². The van der Waals surface area contributed by atoms with Crippen LogP contribution in [0.25, 0.3) is 0 Å². The monoisotopic (exact) mass is 203 g/mol. The van der Waals surface area contributed by atoms with Crippen molar-refractivity contribution < 1.29 is 18.6 Å². The number of halogens is 2. The van der Waals surface area contributed by atoms with Crippen molar-refractivity contribution in [2.75, 3.05) is 13.7 Å². The summed E-state index contributed by atoms with van der Waals surface area (Å²) in [6.07, 6.45) is 1.80. The van der Waals surface area contributed by atoms with Gasteiger partial charge in [0.05, 0.1) is 13.3 Å². The van der Waals surface area contributed by atoms with Crippen LogP contribution in [0.4, 0.5) is 8.78 Å². The van der Waals surface area contributed by atoms with Gasteiger partial charge in [0, 0.05) is 24.8 Å². The van der Waals surface area contributed by atoms with Gasteiger partial charge in [-0.05, 0) is 6.07 Å². The van der Waals surface area contributed by atoms with E-state index < -0.39 is 19.0 Å². The number of hydrogen-bond donors (Lipinski definition) is 1. The summed E-state index contributed by atoms with van der Waals surface area (Å²) >= 11 is 0. The van der Waals surface area contributed by atoms with Crippen LogP contribution in [0.5, 0.6) is 5.75 Å². The fourth-order valence-corrected chi connectivity index (χ4v) is 1.02. The summed E-state index contributed by atoms with van der Waals surface area (Å²) in [6, 6.07) is 1.21. The lowest BCUT2D eigenvalue weighted by Crippen LogP contribution is -2.15. The van der Waals surface area contributed by atoms with Crippen molar-refractivity contribution >= 4 is 0 Å². The number of nitrogens with zero attached hydrogens (tertiary/aromatic N) is 1. The Morgan fingerprint density at radius 1 is 1.50 bits per heavy atom. The molecule has 14 heavy (non-hydrogen) atoms. The van der Waals surface area contributed by atoms with Crippen LogP contribution in [-0.4, -0.2) is 23.8 Å². The Labute approximate surface area is 80.3 Å². The zero-order valence-corrected chi connectivity index (χ0v) is 7.70. The van der Waals surface area contributed by atoms with Crippen molar-refractivity contribution in [3.05, 3.63) is 24.0 Å². The van der Waals surface area contributed by atoms with E-state index in [2.05, 4.69) is 4.98 Å². The normalized spacial score (nSPS) is 11.4. The van der Waals surface area contributed by atoms with Crippen LogP contribution in [-0.2, 0) is 5.92 Å². The maximum atomic E-state index is 13.2. The Bertz CT molecular complexity index is 305. The molecule has 1 aromatic rings. The van der Waals surface area contributed by atoms with Crippen LogP contribution in [0.1, 0.15) is 12.0 Å². The fraction of sp³-hybridized carbons (Fsp3) is 0.444. The second-order valence-electron chi connectivity index (χ2n) is 2.79. The molecule has 3 nitrogen and oxygen atoms in total. The molecule has 0 aliphatic rings. The Morgan fingerprint density at radius 2 is 2.21 bits per heavy atom. The minimum atomic E-state index is -3.06. The van der Waals surface area contributed by atoms with Crippen molar-refractivity contribution in [1.82, 2.24) is 4.98 Å². The molecule has 0 aromatic carbocycles. The lowest BCUT2D eigenvalue weighted by molar-refractivity contribution is -0.0274. The standard InChI is InChI=1S/C9H11F2NO2/c1-14-8-4-7(5-12-6-8)9(10,11)2-3-13/h4-6,13H,2-3H2,1H3. The summed E-state index contributed by atoms with van der Waals surface area (Å²) in [4.78, 5) is 3.62. The molecular formula is C9H11F2NO2. The van der Waals surface area contributed by atoms with Crippen LogP contribution in [0.2, 0.25) is 0 Å². The molecule has 0 amide bonds. The van der Waals surface area contributed by atoms with Gasteiger partial charge >= 0.3 is 0 Å². The number of ether oxygens (including phenoxy) is 1. The smallest absolute Gasteiger partial charge is 0.277 e. The third kappa shape index (κ3) is 2.38. The molecule has 0 spiro atoms. The highest BCUT2D eigenvalue weighted by molar-refractivity contribution is 5.26. The first-order chi connectivity index (χ1) is 6.60. The van der Waals surface area contributed by atoms with E-state index in [0.717, 1.165) is 6.20 Å². The topological polar surface area (TPSA) is 42.4 Å². The number of pyridine rings is 1. The van der Waals surface area contributed by atoms with E-state index in [-0.39, 0.29) is 11.3 Å². The first-order valence-corrected chi connectivity index (χ1v) is 4.08. The molecule has 0 atom stereocenters. The number of aliphatic hydroxyl groups excluding tert-OH is 1. The first kappa shape index (κ1) is 10.8. The van der Waals surface area contributed by atoms with Crippen LogP contribution in [0.15, 0.2) is 18.5 Å². The molecule has 0 radical (unpaired) electrons. The SMILES string of the molecule is COc1cncc(C(F)(F)CCO)c1. The molecular weight excluding hydrogens is 192 g/mol. The van der Waals surface area contributed by atoms with E-state index in [1.54, 1.807) is 0 Å². The molecule has 1 heterocycles. The third-order valence-corrected chi connectivity index (χ3v) is 1.80. The predicted molar refractivity (Wildman–Crippen MR) is 46.4 cm³/mol. The van der Waals surface area contributed by atoms with Gasteiger partial charge in [0.15, 0.2) is 0 Å². The minimum absolute atomic E-state index is 0.245. The lowest BCUT2D eigenvalue weighted by Gasteiger charge is -2.15. The van der Waals surface area contributed by atoms with E-state index in [0.29, 0.717) is 0 Å². The largest absolute Gasteiger partial charge is 0.495 e. The minimum Gasteiger partial charge on any atom is -0.495 e. The number of alkyl halides is 2. The third-order valence-electron chi connectivity index (χ3n) is 1.80. The Morgan fingerprint density at radius 3 is 2.79 bits per heavy atom. The maximum Gasteiger partial charge on any atom is 0.277 e. The number of methoxy groups -OCH3 is 1. The Balaban J connectivity index is 2.93. The molecule has 0 fully saturated rings. The zero-order valence-electron chi connectivity index (χ0n) is 7.70. The molecule has 0 saturated carbocycles. The van der Waals surface area contributed by atoms with Gasteiger partial charge in [0.1, 0.15) is 5.75 Å². The lowest BCUT2D eigenvalue weighted by atomic mass is 10.1. The molecule has 0 unspecified atom stereocenters. The summed E-state index contributed by atoms with van der Waals surface area (Å²) in [5.74, 6) is -2.78. The van der Waals surface area contributed by atoms with E-state index in [4.69, 9.17) is 9.84 Å². The van der Waals surface area contributed by atoms with Crippen molar-refractivity contribution in [1.29, 1.82) is 0 Å². The van der Waals surface area contributed by atoms with E-state index in [1.807, 2.05) is 0 Å². The molecule has 5 heteroatoms. The number of rotatable bonds is 4. The average Bonchev–Trinajstić information content (AvgIpc) is 2.18. The van der Waals surface area contributed by atoms with E-state index in [1.165, 1.54) is 19.4 Å². The van der Waals surface area contributed by atoms with Gasteiger partial charge in [-0.15, -0.1) is 0 Å². The fourth-order valence-electron chi connectivity index (χ4n) is 1.02. The first-order valence-electron chi connectivity index (χ1n) is 4.08. The second-order valence-corrected chi connectivity index (χ2v) is 2.79. The summed E-state index contributed by atoms with van der Waals surface area (Å²) < 4.78 is 31.2. The Hall–Kier alpha value is -1.23. The van der Waals surface area contributed by atoms with Gasteiger partial charge in [-0.2, -0.15) is 0 Å². The van der Waals surface area contributed by atoms with Crippen molar-refractivity contribution in [2.24, 2.45) is 0 Å². The van der Waals surface area contributed by atoms with Gasteiger partial charge in [0.25, 0.3) is 5.92 Å². The molecule has 1 aromatic heterocycles. The van der Waals surface area contributed by atoms with Crippen molar-refractivity contribution in [3.63, 3.8) is 0 Å². The van der Waals surface area contributed by atoms with Gasteiger partial charge in [-0.3, -0.25) is 4.98 Å². The van der Waals surface area contributed by atoms with Crippen LogP contribution < -0.4 is 4.74 Å². The van der Waals surface area contributed by atoms with Crippen LogP contribution >= 0.6 is 0 Å². The molecule has 0 saturated heterocycles. The highest BCUT2D eigenvalue weighted by atomic mass is 19.3.